The molecule has 0 aliphatic heterocycles. The van der Waals surface area contributed by atoms with E-state index in [0.29, 0.717) is 16.9 Å². The molecule has 1 aromatic heterocycles. The third kappa shape index (κ3) is 1.18. The predicted molar refractivity (Wildman–Crippen MR) is 49.2 cm³/mol. The van der Waals surface area contributed by atoms with Gasteiger partial charge in [0.2, 0.25) is 0 Å². The van der Waals surface area contributed by atoms with E-state index in [1.807, 2.05) is 4.68 Å². The van der Waals surface area contributed by atoms with Gasteiger partial charge >= 0.3 is 0 Å². The van der Waals surface area contributed by atoms with Crippen molar-refractivity contribution in [3.05, 3.63) is 11.3 Å². The summed E-state index contributed by atoms with van der Waals surface area (Å²) in [5, 5.41) is 4.76. The molecule has 3 nitrogen and oxygen atoms in total. The highest BCUT2D eigenvalue weighted by Crippen LogP contribution is 2.32. The van der Waals surface area contributed by atoms with Gasteiger partial charge in [-0.05, 0) is 12.8 Å². The first-order valence-corrected chi connectivity index (χ1v) is 4.65. The zero-order chi connectivity index (χ0) is 8.55. The molecule has 0 unspecified atom stereocenters. The maximum Gasteiger partial charge on any atom is 0.150 e. The molecule has 1 heterocycles. The van der Waals surface area contributed by atoms with Gasteiger partial charge in [-0.2, -0.15) is 5.10 Å². The third-order valence-electron chi connectivity index (χ3n) is 2.43. The summed E-state index contributed by atoms with van der Waals surface area (Å²) in [6, 6.07) is 0.481. The number of rotatable bonds is 1. The number of anilines is 1. The Morgan fingerprint density at radius 1 is 1.50 bits per heavy atom. The van der Waals surface area contributed by atoms with Crippen LogP contribution < -0.4 is 5.73 Å². The summed E-state index contributed by atoms with van der Waals surface area (Å²) in [4.78, 5) is 0. The van der Waals surface area contributed by atoms with Crippen LogP contribution in [0.4, 0.5) is 5.69 Å². The molecule has 0 bridgehead atoms. The summed E-state index contributed by atoms with van der Waals surface area (Å²) in [7, 11) is 0. The Bertz CT molecular complexity index is 276. The summed E-state index contributed by atoms with van der Waals surface area (Å²) in [6.45, 7) is 0. The SMILES string of the molecule is Nc1cnn(C2CCCC2)c1Cl. The van der Waals surface area contributed by atoms with E-state index < -0.39 is 0 Å². The van der Waals surface area contributed by atoms with Gasteiger partial charge in [-0.25, -0.2) is 4.68 Å². The molecule has 1 aliphatic carbocycles. The van der Waals surface area contributed by atoms with Gasteiger partial charge in [0.15, 0.2) is 0 Å². The molecule has 12 heavy (non-hydrogen) atoms. The van der Waals surface area contributed by atoms with E-state index >= 15 is 0 Å². The minimum atomic E-state index is 0.481. The molecular weight excluding hydrogens is 174 g/mol. The lowest BCUT2D eigenvalue weighted by molar-refractivity contribution is 0.468. The van der Waals surface area contributed by atoms with Gasteiger partial charge in [-0.3, -0.25) is 0 Å². The molecule has 0 amide bonds. The molecule has 1 fully saturated rings. The Labute approximate surface area is 76.5 Å². The zero-order valence-electron chi connectivity index (χ0n) is 6.83. The molecule has 1 saturated carbocycles. The number of nitrogens with two attached hydrogens (primary N) is 1. The maximum atomic E-state index is 5.96. The van der Waals surface area contributed by atoms with Gasteiger partial charge < -0.3 is 5.73 Å². The number of aromatic nitrogens is 2. The quantitative estimate of drug-likeness (QED) is 0.729. The van der Waals surface area contributed by atoms with Crippen molar-refractivity contribution in [1.29, 1.82) is 0 Å². The zero-order valence-corrected chi connectivity index (χ0v) is 7.59. The first kappa shape index (κ1) is 7.92. The summed E-state index contributed by atoms with van der Waals surface area (Å²) < 4.78 is 1.85. The number of hydrogen-bond acceptors (Lipinski definition) is 2. The summed E-state index contributed by atoms with van der Waals surface area (Å²) in [5.74, 6) is 0. The van der Waals surface area contributed by atoms with Gasteiger partial charge in [-0.15, -0.1) is 0 Å². The van der Waals surface area contributed by atoms with Crippen LogP contribution in [0.25, 0.3) is 0 Å². The molecule has 0 atom stereocenters. The first-order valence-electron chi connectivity index (χ1n) is 4.27. The van der Waals surface area contributed by atoms with Crippen molar-refractivity contribution in [2.24, 2.45) is 0 Å². The van der Waals surface area contributed by atoms with Crippen molar-refractivity contribution in [3.8, 4) is 0 Å². The van der Waals surface area contributed by atoms with E-state index in [1.54, 1.807) is 6.20 Å². The number of halogens is 1. The monoisotopic (exact) mass is 185 g/mol. The molecule has 2 N–H and O–H groups in total. The van der Waals surface area contributed by atoms with E-state index in [1.165, 1.54) is 25.7 Å². The van der Waals surface area contributed by atoms with Crippen LogP contribution in [0.5, 0.6) is 0 Å². The van der Waals surface area contributed by atoms with Crippen LogP contribution in [0.1, 0.15) is 31.7 Å². The number of hydrogen-bond donors (Lipinski definition) is 1. The normalized spacial score (nSPS) is 18.8. The second-order valence-electron chi connectivity index (χ2n) is 3.27. The second kappa shape index (κ2) is 2.98. The molecule has 1 aromatic rings. The van der Waals surface area contributed by atoms with Gasteiger partial charge in [0.25, 0.3) is 0 Å². The van der Waals surface area contributed by atoms with Crippen LogP contribution in [-0.2, 0) is 0 Å². The highest BCUT2D eigenvalue weighted by molar-refractivity contribution is 6.32. The molecule has 2 rings (SSSR count). The van der Waals surface area contributed by atoms with Crippen molar-refractivity contribution in [2.45, 2.75) is 31.7 Å². The van der Waals surface area contributed by atoms with Crippen LogP contribution in [0.3, 0.4) is 0 Å². The van der Waals surface area contributed by atoms with E-state index in [9.17, 15) is 0 Å². The smallest absolute Gasteiger partial charge is 0.150 e. The Kier molecular flexibility index (Phi) is 1.97. The van der Waals surface area contributed by atoms with Gasteiger partial charge in [0, 0.05) is 0 Å². The fraction of sp³-hybridized carbons (Fsp3) is 0.625. The number of nitrogens with zero attached hydrogens (tertiary/aromatic N) is 2. The highest BCUT2D eigenvalue weighted by Gasteiger charge is 2.20. The Morgan fingerprint density at radius 2 is 2.17 bits per heavy atom. The molecule has 4 heteroatoms. The lowest BCUT2D eigenvalue weighted by Gasteiger charge is -2.10. The third-order valence-corrected chi connectivity index (χ3v) is 2.82. The van der Waals surface area contributed by atoms with Crippen LogP contribution in [0.15, 0.2) is 6.20 Å². The average Bonchev–Trinajstić information content (AvgIpc) is 2.64. The topological polar surface area (TPSA) is 43.8 Å². The van der Waals surface area contributed by atoms with E-state index in [-0.39, 0.29) is 0 Å². The van der Waals surface area contributed by atoms with Crippen LogP contribution in [0, 0.1) is 0 Å². The Morgan fingerprint density at radius 3 is 2.67 bits per heavy atom. The Balaban J connectivity index is 2.26. The van der Waals surface area contributed by atoms with Crippen LogP contribution in [0.2, 0.25) is 5.15 Å². The van der Waals surface area contributed by atoms with Crippen LogP contribution in [-0.4, -0.2) is 9.78 Å². The highest BCUT2D eigenvalue weighted by atomic mass is 35.5. The molecule has 66 valence electrons. The van der Waals surface area contributed by atoms with Gasteiger partial charge in [0.05, 0.1) is 17.9 Å². The standard InChI is InChI=1S/C8H12ClN3/c9-8-7(10)5-11-12(8)6-3-1-2-4-6/h5-6H,1-4,10H2. The van der Waals surface area contributed by atoms with Gasteiger partial charge in [-0.1, -0.05) is 24.4 Å². The molecule has 1 aliphatic rings. The molecule has 0 spiro atoms. The lowest BCUT2D eigenvalue weighted by atomic mass is 10.3. The fourth-order valence-electron chi connectivity index (χ4n) is 1.76. The van der Waals surface area contributed by atoms with E-state index in [2.05, 4.69) is 5.10 Å². The van der Waals surface area contributed by atoms with Crippen molar-refractivity contribution in [1.82, 2.24) is 9.78 Å². The summed E-state index contributed by atoms with van der Waals surface area (Å²) in [5.41, 5.74) is 6.18. The largest absolute Gasteiger partial charge is 0.395 e. The van der Waals surface area contributed by atoms with Crippen LogP contribution >= 0.6 is 11.6 Å². The first-order chi connectivity index (χ1) is 5.79. The van der Waals surface area contributed by atoms with Crippen molar-refractivity contribution in [3.63, 3.8) is 0 Å². The van der Waals surface area contributed by atoms with Crippen molar-refractivity contribution in [2.75, 3.05) is 5.73 Å². The fourth-order valence-corrected chi connectivity index (χ4v) is 1.99. The van der Waals surface area contributed by atoms with E-state index in [0.717, 1.165) is 0 Å². The lowest BCUT2D eigenvalue weighted by Crippen LogP contribution is -2.06. The summed E-state index contributed by atoms with van der Waals surface area (Å²) in [6.07, 6.45) is 6.55. The van der Waals surface area contributed by atoms with E-state index in [4.69, 9.17) is 17.3 Å². The average molecular weight is 186 g/mol. The molecule has 0 radical (unpaired) electrons. The van der Waals surface area contributed by atoms with Crippen molar-refractivity contribution >= 4 is 17.3 Å². The molecule has 0 saturated heterocycles. The molecule has 0 aromatic carbocycles. The Hall–Kier alpha value is -0.700. The minimum Gasteiger partial charge on any atom is -0.395 e. The maximum absolute atomic E-state index is 5.96. The predicted octanol–water partition coefficient (Wildman–Crippen LogP) is 2.23. The second-order valence-corrected chi connectivity index (χ2v) is 3.63. The van der Waals surface area contributed by atoms with Crippen molar-refractivity contribution < 1.29 is 0 Å². The summed E-state index contributed by atoms with van der Waals surface area (Å²) >= 11 is 5.96. The van der Waals surface area contributed by atoms with Gasteiger partial charge in [0.1, 0.15) is 5.15 Å². The number of nitrogen functional groups attached to an aromatic ring is 1. The molecular formula is C8H12ClN3. The minimum absolute atomic E-state index is 0.481.